The highest BCUT2D eigenvalue weighted by Gasteiger charge is 2.30. The van der Waals surface area contributed by atoms with E-state index in [1.807, 2.05) is 19.9 Å². The molecule has 2 nitrogen and oxygen atoms in total. The summed E-state index contributed by atoms with van der Waals surface area (Å²) < 4.78 is 29.1. The second-order valence-corrected chi connectivity index (χ2v) is 7.34. The minimum Gasteiger partial charge on any atom is -0.288 e. The van der Waals surface area contributed by atoms with Gasteiger partial charge in [0, 0.05) is 11.5 Å². The van der Waals surface area contributed by atoms with Crippen LogP contribution in [0.15, 0.2) is 47.8 Å². The monoisotopic (exact) mass is 398 g/mol. The topological polar surface area (TPSA) is 17.8 Å². The SMILES string of the molecule is CC(C)(c1ccc(Cl)c(Cl)c1)c1cnc(S)n1-c1ccc(F)cc1F. The third-order valence-corrected chi connectivity index (χ3v) is 5.23. The lowest BCUT2D eigenvalue weighted by Crippen LogP contribution is -2.23. The molecule has 0 fully saturated rings. The zero-order chi connectivity index (χ0) is 18.4. The van der Waals surface area contributed by atoms with Crippen LogP contribution in [0.2, 0.25) is 10.0 Å². The number of benzene rings is 2. The van der Waals surface area contributed by atoms with Crippen molar-refractivity contribution in [3.8, 4) is 5.69 Å². The fraction of sp³-hybridized carbons (Fsp3) is 0.167. The molecule has 1 heterocycles. The van der Waals surface area contributed by atoms with Crippen molar-refractivity contribution in [1.29, 1.82) is 0 Å². The Morgan fingerprint density at radius 1 is 1.04 bits per heavy atom. The molecule has 7 heteroatoms. The van der Waals surface area contributed by atoms with Crippen LogP contribution in [0.5, 0.6) is 0 Å². The van der Waals surface area contributed by atoms with Gasteiger partial charge in [-0.15, -0.1) is 12.6 Å². The molecule has 1 aromatic heterocycles. The van der Waals surface area contributed by atoms with E-state index in [0.29, 0.717) is 20.9 Å². The first-order valence-corrected chi connectivity index (χ1v) is 8.60. The Hall–Kier alpha value is -1.56. The summed E-state index contributed by atoms with van der Waals surface area (Å²) >= 11 is 16.5. The Morgan fingerprint density at radius 3 is 2.40 bits per heavy atom. The van der Waals surface area contributed by atoms with E-state index in [-0.39, 0.29) is 5.69 Å². The van der Waals surface area contributed by atoms with Crippen molar-refractivity contribution in [2.45, 2.75) is 24.4 Å². The molecule has 0 radical (unpaired) electrons. The second kappa shape index (κ2) is 6.63. The van der Waals surface area contributed by atoms with Crippen LogP contribution in [0, 0.1) is 11.6 Å². The maximum Gasteiger partial charge on any atom is 0.169 e. The molecule has 0 saturated carbocycles. The van der Waals surface area contributed by atoms with E-state index in [9.17, 15) is 8.78 Å². The molecule has 130 valence electrons. The van der Waals surface area contributed by atoms with Crippen LogP contribution in [-0.2, 0) is 5.41 Å². The van der Waals surface area contributed by atoms with E-state index in [1.165, 1.54) is 12.1 Å². The van der Waals surface area contributed by atoms with Gasteiger partial charge in [0.15, 0.2) is 5.16 Å². The summed E-state index contributed by atoms with van der Waals surface area (Å²) in [6.45, 7) is 3.91. The first-order valence-electron chi connectivity index (χ1n) is 7.40. The predicted octanol–water partition coefficient (Wildman–Crippen LogP) is 6.07. The largest absolute Gasteiger partial charge is 0.288 e. The van der Waals surface area contributed by atoms with Crippen molar-refractivity contribution in [3.63, 3.8) is 0 Å². The summed E-state index contributed by atoms with van der Waals surface area (Å²) in [7, 11) is 0. The third kappa shape index (κ3) is 3.28. The van der Waals surface area contributed by atoms with Gasteiger partial charge in [-0.05, 0) is 29.8 Å². The lowest BCUT2D eigenvalue weighted by Gasteiger charge is -2.27. The normalized spacial score (nSPS) is 11.8. The van der Waals surface area contributed by atoms with Crippen LogP contribution in [0.1, 0.15) is 25.1 Å². The number of hydrogen-bond donors (Lipinski definition) is 1. The fourth-order valence-electron chi connectivity index (χ4n) is 2.72. The van der Waals surface area contributed by atoms with Gasteiger partial charge >= 0.3 is 0 Å². The van der Waals surface area contributed by atoms with Gasteiger partial charge in [0.05, 0.1) is 27.6 Å². The second-order valence-electron chi connectivity index (χ2n) is 6.13. The van der Waals surface area contributed by atoms with Gasteiger partial charge in [-0.3, -0.25) is 4.57 Å². The van der Waals surface area contributed by atoms with Gasteiger partial charge < -0.3 is 0 Å². The van der Waals surface area contributed by atoms with Crippen LogP contribution >= 0.6 is 35.8 Å². The van der Waals surface area contributed by atoms with Gasteiger partial charge in [-0.2, -0.15) is 0 Å². The lowest BCUT2D eigenvalue weighted by atomic mass is 9.81. The summed E-state index contributed by atoms with van der Waals surface area (Å²) in [5, 5.41) is 1.18. The average molecular weight is 399 g/mol. The minimum atomic E-state index is -0.695. The number of imidazole rings is 1. The van der Waals surface area contributed by atoms with Crippen molar-refractivity contribution in [2.75, 3.05) is 0 Å². The molecule has 0 N–H and O–H groups in total. The van der Waals surface area contributed by atoms with Crippen molar-refractivity contribution in [3.05, 3.63) is 75.5 Å². The summed E-state index contributed by atoms with van der Waals surface area (Å²) in [5.74, 6) is -1.34. The summed E-state index contributed by atoms with van der Waals surface area (Å²) in [4.78, 5) is 4.20. The van der Waals surface area contributed by atoms with Crippen LogP contribution in [-0.4, -0.2) is 9.55 Å². The highest BCUT2D eigenvalue weighted by molar-refractivity contribution is 7.80. The van der Waals surface area contributed by atoms with Crippen LogP contribution < -0.4 is 0 Å². The van der Waals surface area contributed by atoms with Crippen molar-refractivity contribution in [1.82, 2.24) is 9.55 Å². The quantitative estimate of drug-likeness (QED) is 0.529. The predicted molar refractivity (Wildman–Crippen MR) is 99.3 cm³/mol. The van der Waals surface area contributed by atoms with Crippen LogP contribution in [0.4, 0.5) is 8.78 Å². The number of aromatic nitrogens is 2. The van der Waals surface area contributed by atoms with Gasteiger partial charge in [-0.1, -0.05) is 43.1 Å². The standard InChI is InChI=1S/C18H14Cl2F2N2S/c1-18(2,10-3-5-12(19)13(20)7-10)16-9-23-17(25)24(16)15-6-4-11(21)8-14(15)22/h3-9H,1-2H3,(H,23,25). The zero-order valence-corrected chi connectivity index (χ0v) is 15.8. The zero-order valence-electron chi connectivity index (χ0n) is 13.4. The molecule has 0 spiro atoms. The van der Waals surface area contributed by atoms with Gasteiger partial charge in [0.25, 0.3) is 0 Å². The lowest BCUT2D eigenvalue weighted by molar-refractivity contribution is 0.556. The number of thiol groups is 1. The molecule has 0 aliphatic heterocycles. The van der Waals surface area contributed by atoms with E-state index < -0.39 is 17.0 Å². The molecule has 0 aliphatic carbocycles. The minimum absolute atomic E-state index is 0.173. The molecular weight excluding hydrogens is 385 g/mol. The summed E-state index contributed by atoms with van der Waals surface area (Å²) in [6, 6.07) is 8.72. The molecule has 0 bridgehead atoms. The van der Waals surface area contributed by atoms with Crippen LogP contribution in [0.25, 0.3) is 5.69 Å². The summed E-state index contributed by atoms with van der Waals surface area (Å²) in [5.41, 5.74) is 1.15. The molecular formula is C18H14Cl2F2N2S. The molecule has 3 rings (SSSR count). The molecule has 25 heavy (non-hydrogen) atoms. The molecule has 0 saturated heterocycles. The number of rotatable bonds is 3. The number of nitrogens with zero attached hydrogens (tertiary/aromatic N) is 2. The Labute approximate surface area is 159 Å². The maximum atomic E-state index is 14.3. The van der Waals surface area contributed by atoms with E-state index in [0.717, 1.165) is 11.6 Å². The van der Waals surface area contributed by atoms with E-state index in [2.05, 4.69) is 17.6 Å². The molecule has 0 aliphatic rings. The first-order chi connectivity index (χ1) is 11.7. The molecule has 2 aromatic carbocycles. The Balaban J connectivity index is 2.19. The molecule has 0 unspecified atom stereocenters. The highest BCUT2D eigenvalue weighted by atomic mass is 35.5. The Kier molecular flexibility index (Phi) is 4.84. The average Bonchev–Trinajstić information content (AvgIpc) is 2.92. The third-order valence-electron chi connectivity index (χ3n) is 4.18. The van der Waals surface area contributed by atoms with E-state index >= 15 is 0 Å². The molecule has 0 atom stereocenters. The Bertz CT molecular complexity index is 954. The molecule has 3 aromatic rings. The van der Waals surface area contributed by atoms with Gasteiger partial charge in [-0.25, -0.2) is 13.8 Å². The van der Waals surface area contributed by atoms with Crippen LogP contribution in [0.3, 0.4) is 0 Å². The highest BCUT2D eigenvalue weighted by Crippen LogP contribution is 2.37. The van der Waals surface area contributed by atoms with Crippen molar-refractivity contribution >= 4 is 35.8 Å². The smallest absolute Gasteiger partial charge is 0.169 e. The fourth-order valence-corrected chi connectivity index (χ4v) is 3.29. The Morgan fingerprint density at radius 2 is 1.76 bits per heavy atom. The first kappa shape index (κ1) is 18.2. The summed E-state index contributed by atoms with van der Waals surface area (Å²) in [6.07, 6.45) is 1.62. The maximum absolute atomic E-state index is 14.3. The van der Waals surface area contributed by atoms with Crippen molar-refractivity contribution in [2.24, 2.45) is 0 Å². The molecule has 0 amide bonds. The van der Waals surface area contributed by atoms with Gasteiger partial charge in [0.1, 0.15) is 11.6 Å². The van der Waals surface area contributed by atoms with Crippen molar-refractivity contribution < 1.29 is 8.78 Å². The van der Waals surface area contributed by atoms with E-state index in [4.69, 9.17) is 23.2 Å². The number of halogens is 4. The van der Waals surface area contributed by atoms with E-state index in [1.54, 1.807) is 22.9 Å². The van der Waals surface area contributed by atoms with Gasteiger partial charge in [0.2, 0.25) is 0 Å². The number of hydrogen-bond acceptors (Lipinski definition) is 2.